The number of thiophene rings is 1. The Morgan fingerprint density at radius 1 is 1.22 bits per heavy atom. The molecule has 140 valence electrons. The van der Waals surface area contributed by atoms with E-state index in [1.54, 1.807) is 11.3 Å². The number of amides is 1. The minimum atomic E-state index is 0.0334. The normalized spacial score (nSPS) is 15.7. The Labute approximate surface area is 162 Å². The molecular weight excluding hydrogens is 358 g/mol. The molecule has 0 bridgehead atoms. The topological polar surface area (TPSA) is 68.0 Å². The van der Waals surface area contributed by atoms with Gasteiger partial charge in [-0.2, -0.15) is 16.3 Å². The van der Waals surface area contributed by atoms with Gasteiger partial charge in [-0.15, -0.1) is 0 Å². The number of benzene rings is 1. The Morgan fingerprint density at radius 3 is 2.78 bits per heavy atom. The Bertz CT molecular complexity index is 855. The fraction of sp³-hybridized carbons (Fsp3) is 0.381. The van der Waals surface area contributed by atoms with E-state index in [1.807, 2.05) is 35.0 Å². The van der Waals surface area contributed by atoms with Crippen LogP contribution >= 0.6 is 11.3 Å². The molecule has 1 saturated carbocycles. The lowest BCUT2D eigenvalue weighted by Crippen LogP contribution is -2.32. The van der Waals surface area contributed by atoms with Crippen LogP contribution in [-0.2, 0) is 11.2 Å². The van der Waals surface area contributed by atoms with Crippen LogP contribution in [0.5, 0.6) is 0 Å². The van der Waals surface area contributed by atoms with Crippen molar-refractivity contribution >= 4 is 17.2 Å². The van der Waals surface area contributed by atoms with Gasteiger partial charge in [-0.1, -0.05) is 48.3 Å². The second-order valence-corrected chi connectivity index (χ2v) is 7.80. The minimum absolute atomic E-state index is 0.0334. The maximum atomic E-state index is 12.6. The van der Waals surface area contributed by atoms with Crippen molar-refractivity contribution in [2.24, 2.45) is 5.92 Å². The maximum absolute atomic E-state index is 12.6. The summed E-state index contributed by atoms with van der Waals surface area (Å²) in [7, 11) is 0. The molecule has 5 nitrogen and oxygen atoms in total. The first-order valence-electron chi connectivity index (χ1n) is 9.49. The third kappa shape index (κ3) is 4.45. The van der Waals surface area contributed by atoms with Crippen LogP contribution in [0, 0.1) is 5.92 Å². The molecule has 1 fully saturated rings. The van der Waals surface area contributed by atoms with E-state index in [0.717, 1.165) is 5.56 Å². The first-order valence-corrected chi connectivity index (χ1v) is 10.4. The first-order chi connectivity index (χ1) is 13.3. The first kappa shape index (κ1) is 17.9. The van der Waals surface area contributed by atoms with E-state index >= 15 is 0 Å². The number of hydrogen-bond donors (Lipinski definition) is 1. The number of carbonyl (C=O) groups excluding carboxylic acids is 1. The number of nitrogens with one attached hydrogen (secondary N) is 1. The predicted molar refractivity (Wildman–Crippen MR) is 105 cm³/mol. The number of nitrogens with zero attached hydrogens (tertiary/aromatic N) is 2. The van der Waals surface area contributed by atoms with Gasteiger partial charge >= 0.3 is 0 Å². The second kappa shape index (κ2) is 8.48. The van der Waals surface area contributed by atoms with Crippen molar-refractivity contribution in [2.75, 3.05) is 0 Å². The number of aromatic nitrogens is 2. The van der Waals surface area contributed by atoms with Crippen molar-refractivity contribution in [2.45, 2.75) is 44.6 Å². The molecule has 1 N–H and O–H groups in total. The van der Waals surface area contributed by atoms with Gasteiger partial charge in [-0.3, -0.25) is 4.79 Å². The molecule has 27 heavy (non-hydrogen) atoms. The van der Waals surface area contributed by atoms with Crippen molar-refractivity contribution in [3.63, 3.8) is 0 Å². The summed E-state index contributed by atoms with van der Waals surface area (Å²) in [5.74, 6) is 1.64. The average Bonchev–Trinajstić information content (AvgIpc) is 3.47. The summed E-state index contributed by atoms with van der Waals surface area (Å²) in [6, 6.07) is 12.3. The molecule has 1 aliphatic carbocycles. The molecule has 2 heterocycles. The number of rotatable bonds is 7. The van der Waals surface area contributed by atoms with Gasteiger partial charge in [0, 0.05) is 23.8 Å². The fourth-order valence-electron chi connectivity index (χ4n) is 3.76. The standard InChI is InChI=1S/C21H23N3O2S/c25-18(10-11-19-23-21(24-26-19)17-12-13-27-14-17)22-20(16-8-4-5-9-16)15-6-2-1-3-7-15/h1-3,6-7,12-14,16,20H,4-5,8-11H2,(H,22,25). The smallest absolute Gasteiger partial charge is 0.227 e. The molecule has 1 aliphatic rings. The minimum Gasteiger partial charge on any atom is -0.349 e. The molecule has 6 heteroatoms. The lowest BCUT2D eigenvalue weighted by molar-refractivity contribution is -0.122. The molecule has 1 atom stereocenters. The van der Waals surface area contributed by atoms with Crippen molar-refractivity contribution in [3.8, 4) is 11.4 Å². The molecule has 1 unspecified atom stereocenters. The fourth-order valence-corrected chi connectivity index (χ4v) is 4.39. The SMILES string of the molecule is O=C(CCc1nc(-c2ccsc2)no1)NC(c1ccccc1)C1CCCC1. The lowest BCUT2D eigenvalue weighted by atomic mass is 9.91. The Kier molecular flexibility index (Phi) is 5.63. The van der Waals surface area contributed by atoms with Gasteiger partial charge in [-0.25, -0.2) is 0 Å². The zero-order valence-electron chi connectivity index (χ0n) is 15.1. The molecule has 1 aromatic carbocycles. The van der Waals surface area contributed by atoms with E-state index in [9.17, 15) is 4.79 Å². The van der Waals surface area contributed by atoms with E-state index in [0.29, 0.717) is 30.5 Å². The van der Waals surface area contributed by atoms with E-state index < -0.39 is 0 Å². The van der Waals surface area contributed by atoms with Crippen LogP contribution in [0.4, 0.5) is 0 Å². The third-order valence-electron chi connectivity index (χ3n) is 5.16. The van der Waals surface area contributed by atoms with Crippen molar-refractivity contribution in [1.82, 2.24) is 15.5 Å². The van der Waals surface area contributed by atoms with Gasteiger partial charge in [0.05, 0.1) is 6.04 Å². The van der Waals surface area contributed by atoms with Crippen molar-refractivity contribution in [1.29, 1.82) is 0 Å². The zero-order valence-corrected chi connectivity index (χ0v) is 16.0. The van der Waals surface area contributed by atoms with Gasteiger partial charge in [0.25, 0.3) is 0 Å². The summed E-state index contributed by atoms with van der Waals surface area (Å²) >= 11 is 1.59. The van der Waals surface area contributed by atoms with Crippen LogP contribution in [0.15, 0.2) is 51.7 Å². The van der Waals surface area contributed by atoms with E-state index in [-0.39, 0.29) is 11.9 Å². The Hall–Kier alpha value is -2.47. The molecule has 0 spiro atoms. The molecule has 0 radical (unpaired) electrons. The average molecular weight is 382 g/mol. The summed E-state index contributed by atoms with van der Waals surface area (Å²) in [6.07, 6.45) is 5.64. The molecular formula is C21H23N3O2S. The summed E-state index contributed by atoms with van der Waals surface area (Å²) in [6.45, 7) is 0. The molecule has 2 aromatic heterocycles. The molecule has 4 rings (SSSR count). The summed E-state index contributed by atoms with van der Waals surface area (Å²) in [4.78, 5) is 17.0. The van der Waals surface area contributed by atoms with Crippen LogP contribution in [0.3, 0.4) is 0 Å². The molecule has 3 aromatic rings. The van der Waals surface area contributed by atoms with Crippen LogP contribution < -0.4 is 5.32 Å². The number of carbonyl (C=O) groups is 1. The van der Waals surface area contributed by atoms with Gasteiger partial charge < -0.3 is 9.84 Å². The van der Waals surface area contributed by atoms with E-state index in [4.69, 9.17) is 4.52 Å². The highest BCUT2D eigenvalue weighted by Crippen LogP contribution is 2.35. The lowest BCUT2D eigenvalue weighted by Gasteiger charge is -2.25. The zero-order chi connectivity index (χ0) is 18.5. The summed E-state index contributed by atoms with van der Waals surface area (Å²) in [5, 5.41) is 11.2. The predicted octanol–water partition coefficient (Wildman–Crippen LogP) is 4.78. The molecule has 0 aliphatic heterocycles. The Morgan fingerprint density at radius 2 is 2.04 bits per heavy atom. The Balaban J connectivity index is 1.37. The molecule has 0 saturated heterocycles. The highest BCUT2D eigenvalue weighted by Gasteiger charge is 2.27. The third-order valence-corrected chi connectivity index (χ3v) is 5.84. The largest absolute Gasteiger partial charge is 0.349 e. The van der Waals surface area contributed by atoms with E-state index in [1.165, 1.54) is 31.2 Å². The van der Waals surface area contributed by atoms with Gasteiger partial charge in [0.15, 0.2) is 0 Å². The highest BCUT2D eigenvalue weighted by atomic mass is 32.1. The monoisotopic (exact) mass is 381 g/mol. The number of aryl methyl sites for hydroxylation is 1. The molecule has 1 amide bonds. The maximum Gasteiger partial charge on any atom is 0.227 e. The highest BCUT2D eigenvalue weighted by molar-refractivity contribution is 7.08. The van der Waals surface area contributed by atoms with Gasteiger partial charge in [-0.05, 0) is 35.8 Å². The van der Waals surface area contributed by atoms with Crippen LogP contribution in [0.1, 0.15) is 49.6 Å². The van der Waals surface area contributed by atoms with Crippen LogP contribution in [0.25, 0.3) is 11.4 Å². The summed E-state index contributed by atoms with van der Waals surface area (Å²) < 4.78 is 5.29. The summed E-state index contributed by atoms with van der Waals surface area (Å²) in [5.41, 5.74) is 2.14. The van der Waals surface area contributed by atoms with Crippen LogP contribution in [-0.4, -0.2) is 16.0 Å². The quantitative estimate of drug-likeness (QED) is 0.639. The van der Waals surface area contributed by atoms with E-state index in [2.05, 4.69) is 27.6 Å². The van der Waals surface area contributed by atoms with Gasteiger partial charge in [0.2, 0.25) is 17.6 Å². The van der Waals surface area contributed by atoms with Crippen molar-refractivity contribution in [3.05, 3.63) is 58.6 Å². The second-order valence-electron chi connectivity index (χ2n) is 7.02. The van der Waals surface area contributed by atoms with Crippen molar-refractivity contribution < 1.29 is 9.32 Å². The number of hydrogen-bond acceptors (Lipinski definition) is 5. The van der Waals surface area contributed by atoms with Gasteiger partial charge in [0.1, 0.15) is 0 Å². The van der Waals surface area contributed by atoms with Crippen LogP contribution in [0.2, 0.25) is 0 Å².